The zero-order chi connectivity index (χ0) is 17.5. The van der Waals surface area contributed by atoms with Crippen LogP contribution in [0.5, 0.6) is 5.75 Å². The van der Waals surface area contributed by atoms with Crippen molar-refractivity contribution >= 4 is 11.5 Å². The number of ether oxygens (including phenoxy) is 1. The number of hydrogen-bond donors (Lipinski definition) is 2. The lowest BCUT2D eigenvalue weighted by Gasteiger charge is -2.23. The number of para-hydroxylation sites is 1. The van der Waals surface area contributed by atoms with Gasteiger partial charge < -0.3 is 15.2 Å². The summed E-state index contributed by atoms with van der Waals surface area (Å²) in [6.45, 7) is 3.07. The average Bonchev–Trinajstić information content (AvgIpc) is 2.45. The largest absolute Gasteiger partial charge is 0.434 e. The van der Waals surface area contributed by atoms with E-state index in [1.54, 1.807) is 25.1 Å². The maximum Gasteiger partial charge on any atom is 0.387 e. The number of nitrogens with one attached hydrogen (secondary N) is 1. The maximum atomic E-state index is 12.4. The molecular weight excluding hydrogens is 304 g/mol. The summed E-state index contributed by atoms with van der Waals surface area (Å²) in [6.07, 6.45) is 1.92. The van der Waals surface area contributed by atoms with Crippen LogP contribution >= 0.6 is 0 Å². The van der Waals surface area contributed by atoms with E-state index in [0.717, 1.165) is 0 Å². The first-order valence-electron chi connectivity index (χ1n) is 7.36. The van der Waals surface area contributed by atoms with E-state index in [-0.39, 0.29) is 23.7 Å². The van der Waals surface area contributed by atoms with Gasteiger partial charge in [-0.1, -0.05) is 32.0 Å². The van der Waals surface area contributed by atoms with Gasteiger partial charge in [0, 0.05) is 24.8 Å². The Kier molecular flexibility index (Phi) is 7.16. The second kappa shape index (κ2) is 8.62. The second-order valence-electron chi connectivity index (χ2n) is 6.06. The van der Waals surface area contributed by atoms with E-state index in [1.807, 2.05) is 13.8 Å². The summed E-state index contributed by atoms with van der Waals surface area (Å²) in [6, 6.07) is 6.33. The highest BCUT2D eigenvalue weighted by molar-refractivity contribution is 5.95. The number of carbonyl (C=O) groups excluding carboxylic acids is 1. The molecule has 0 aliphatic heterocycles. The molecule has 23 heavy (non-hydrogen) atoms. The van der Waals surface area contributed by atoms with Crippen LogP contribution in [0.3, 0.4) is 0 Å². The van der Waals surface area contributed by atoms with Crippen LogP contribution in [0.2, 0.25) is 0 Å². The zero-order valence-corrected chi connectivity index (χ0v) is 13.6. The maximum absolute atomic E-state index is 12.4. The minimum atomic E-state index is -2.92. The summed E-state index contributed by atoms with van der Waals surface area (Å²) in [5, 5.41) is 11.7. The smallest absolute Gasteiger partial charge is 0.387 e. The van der Waals surface area contributed by atoms with Crippen molar-refractivity contribution in [1.29, 1.82) is 0 Å². The van der Waals surface area contributed by atoms with Crippen molar-refractivity contribution in [3.8, 4) is 5.75 Å². The van der Waals surface area contributed by atoms with Gasteiger partial charge in [-0.05, 0) is 30.4 Å². The lowest BCUT2D eigenvalue weighted by Crippen LogP contribution is -2.33. The molecule has 1 rings (SSSR count). The SMILES string of the molecule is C/C(=C/C(=O)NCC(C)(C)CCO)c1ccccc1OC(F)F. The number of carbonyl (C=O) groups is 1. The van der Waals surface area contributed by atoms with Crippen LogP contribution in [0.1, 0.15) is 32.8 Å². The summed E-state index contributed by atoms with van der Waals surface area (Å²) in [5.41, 5.74) is 0.749. The van der Waals surface area contributed by atoms with Gasteiger partial charge in [0.25, 0.3) is 0 Å². The Bertz CT molecular complexity index is 557. The molecule has 1 amide bonds. The predicted molar refractivity (Wildman–Crippen MR) is 85.2 cm³/mol. The van der Waals surface area contributed by atoms with E-state index < -0.39 is 6.61 Å². The number of amides is 1. The predicted octanol–water partition coefficient (Wildman–Crippen LogP) is 3.22. The van der Waals surface area contributed by atoms with E-state index in [1.165, 1.54) is 12.1 Å². The van der Waals surface area contributed by atoms with E-state index >= 15 is 0 Å². The van der Waals surface area contributed by atoms with E-state index in [2.05, 4.69) is 10.1 Å². The highest BCUT2D eigenvalue weighted by atomic mass is 19.3. The fourth-order valence-electron chi connectivity index (χ4n) is 2.03. The van der Waals surface area contributed by atoms with Gasteiger partial charge in [-0.25, -0.2) is 0 Å². The molecule has 0 unspecified atom stereocenters. The number of halogens is 2. The number of aliphatic hydroxyl groups excluding tert-OH is 1. The lowest BCUT2D eigenvalue weighted by atomic mass is 9.90. The van der Waals surface area contributed by atoms with Crippen molar-refractivity contribution in [2.24, 2.45) is 5.41 Å². The van der Waals surface area contributed by atoms with Crippen LogP contribution in [0, 0.1) is 5.41 Å². The molecule has 2 N–H and O–H groups in total. The standard InChI is InChI=1S/C17H23F2NO3/c1-12(10-15(22)20-11-17(2,3)8-9-21)13-6-4-5-7-14(13)23-16(18)19/h4-7,10,16,21H,8-9,11H2,1-3H3,(H,20,22)/b12-10-. The fraction of sp³-hybridized carbons (Fsp3) is 0.471. The molecule has 0 aromatic heterocycles. The number of alkyl halides is 2. The molecule has 0 atom stereocenters. The van der Waals surface area contributed by atoms with Gasteiger partial charge in [0.05, 0.1) is 0 Å². The lowest BCUT2D eigenvalue weighted by molar-refractivity contribution is -0.116. The normalized spacial score (nSPS) is 12.4. The highest BCUT2D eigenvalue weighted by Crippen LogP contribution is 2.27. The zero-order valence-electron chi connectivity index (χ0n) is 13.6. The minimum absolute atomic E-state index is 0.0321. The van der Waals surface area contributed by atoms with Crippen molar-refractivity contribution in [3.05, 3.63) is 35.9 Å². The number of rotatable bonds is 8. The topological polar surface area (TPSA) is 58.6 Å². The fourth-order valence-corrected chi connectivity index (χ4v) is 2.03. The second-order valence-corrected chi connectivity index (χ2v) is 6.06. The molecule has 4 nitrogen and oxygen atoms in total. The monoisotopic (exact) mass is 327 g/mol. The summed E-state index contributed by atoms with van der Waals surface area (Å²) in [4.78, 5) is 12.0. The van der Waals surface area contributed by atoms with Crippen LogP contribution < -0.4 is 10.1 Å². The Morgan fingerprint density at radius 2 is 2.04 bits per heavy atom. The van der Waals surface area contributed by atoms with Crippen LogP contribution in [0.4, 0.5) is 8.78 Å². The first-order chi connectivity index (χ1) is 10.7. The van der Waals surface area contributed by atoms with Crippen LogP contribution in [-0.2, 0) is 4.79 Å². The third-order valence-electron chi connectivity index (χ3n) is 3.41. The van der Waals surface area contributed by atoms with Gasteiger partial charge in [0.15, 0.2) is 0 Å². The third-order valence-corrected chi connectivity index (χ3v) is 3.41. The Labute approximate surface area is 135 Å². The number of benzene rings is 1. The quantitative estimate of drug-likeness (QED) is 0.721. The molecule has 6 heteroatoms. The number of allylic oxidation sites excluding steroid dienone is 1. The first kappa shape index (κ1) is 19.1. The Balaban J connectivity index is 2.78. The molecular formula is C17H23F2NO3. The molecule has 1 aromatic rings. The summed E-state index contributed by atoms with van der Waals surface area (Å²) < 4.78 is 29.3. The Hall–Kier alpha value is -1.95. The molecule has 1 aromatic carbocycles. The minimum Gasteiger partial charge on any atom is -0.434 e. The summed E-state index contributed by atoms with van der Waals surface area (Å²) in [7, 11) is 0. The van der Waals surface area contributed by atoms with Crippen molar-refractivity contribution in [3.63, 3.8) is 0 Å². The van der Waals surface area contributed by atoms with Crippen LogP contribution in [0.25, 0.3) is 5.57 Å². The van der Waals surface area contributed by atoms with Gasteiger partial charge in [0.1, 0.15) is 5.75 Å². The van der Waals surface area contributed by atoms with E-state index in [4.69, 9.17) is 5.11 Å². The molecule has 0 aliphatic carbocycles. The first-order valence-corrected chi connectivity index (χ1v) is 7.36. The van der Waals surface area contributed by atoms with Crippen LogP contribution in [0.15, 0.2) is 30.3 Å². The Morgan fingerprint density at radius 1 is 1.39 bits per heavy atom. The van der Waals surface area contributed by atoms with Crippen molar-refractivity contribution < 1.29 is 23.4 Å². The van der Waals surface area contributed by atoms with Crippen molar-refractivity contribution in [2.45, 2.75) is 33.8 Å². The summed E-state index contributed by atoms with van der Waals surface area (Å²) in [5.74, 6) is -0.287. The summed E-state index contributed by atoms with van der Waals surface area (Å²) >= 11 is 0. The van der Waals surface area contributed by atoms with Gasteiger partial charge in [-0.2, -0.15) is 8.78 Å². The van der Waals surface area contributed by atoms with Gasteiger partial charge >= 0.3 is 6.61 Å². The van der Waals surface area contributed by atoms with Gasteiger partial charge in [-0.15, -0.1) is 0 Å². The molecule has 0 spiro atoms. The average molecular weight is 327 g/mol. The molecule has 0 fully saturated rings. The van der Waals surface area contributed by atoms with Gasteiger partial charge in [0.2, 0.25) is 5.91 Å². The Morgan fingerprint density at radius 3 is 2.65 bits per heavy atom. The molecule has 0 radical (unpaired) electrons. The highest BCUT2D eigenvalue weighted by Gasteiger charge is 2.18. The van der Waals surface area contributed by atoms with Gasteiger partial charge in [-0.3, -0.25) is 4.79 Å². The third kappa shape index (κ3) is 6.78. The molecule has 128 valence electrons. The van der Waals surface area contributed by atoms with E-state index in [0.29, 0.717) is 24.1 Å². The molecule has 0 saturated heterocycles. The molecule has 0 saturated carbocycles. The van der Waals surface area contributed by atoms with Crippen molar-refractivity contribution in [1.82, 2.24) is 5.32 Å². The molecule has 0 bridgehead atoms. The van der Waals surface area contributed by atoms with Crippen LogP contribution in [-0.4, -0.2) is 30.8 Å². The molecule has 0 heterocycles. The number of aliphatic hydroxyl groups is 1. The van der Waals surface area contributed by atoms with Crippen molar-refractivity contribution in [2.75, 3.05) is 13.2 Å². The molecule has 0 aliphatic rings. The van der Waals surface area contributed by atoms with E-state index in [9.17, 15) is 13.6 Å². The number of hydrogen-bond acceptors (Lipinski definition) is 3.